The minimum absolute atomic E-state index is 0.673. The molecule has 2 rings (SSSR count). The molecule has 4 heteroatoms. The number of rotatable bonds is 4. The van der Waals surface area contributed by atoms with Gasteiger partial charge in [0.1, 0.15) is 5.94 Å². The molecule has 0 aliphatic rings. The molecule has 18 heavy (non-hydrogen) atoms. The summed E-state index contributed by atoms with van der Waals surface area (Å²) in [6, 6.07) is 12.1. The highest BCUT2D eigenvalue weighted by molar-refractivity contribution is 5.95. The Hall–Kier alpha value is -2.58. The number of aliphatic carboxylic acids is 1. The average Bonchev–Trinajstić information content (AvgIpc) is 2.38. The summed E-state index contributed by atoms with van der Waals surface area (Å²) >= 11 is 0. The van der Waals surface area contributed by atoms with Crippen LogP contribution in [0.3, 0.4) is 0 Å². The maximum atomic E-state index is 11.0. The van der Waals surface area contributed by atoms with Gasteiger partial charge in [-0.25, -0.2) is 9.59 Å². The highest BCUT2D eigenvalue weighted by atomic mass is 16.4. The Kier molecular flexibility index (Phi) is 3.41. The second kappa shape index (κ2) is 5.17. The molecule has 2 aromatic rings. The standard InChI is InChI=1S/C14H11NO3/c16-9-8-13(14(17)18)15-12-7-3-5-10-4-1-2-6-11(10)12/h1-8,13,15H,(H,17,18). The van der Waals surface area contributed by atoms with Crippen LogP contribution in [0, 0.1) is 0 Å². The molecule has 0 amide bonds. The maximum Gasteiger partial charge on any atom is 0.330 e. The van der Waals surface area contributed by atoms with Crippen LogP contribution in [0.1, 0.15) is 0 Å². The van der Waals surface area contributed by atoms with Crippen LogP contribution in [0.15, 0.2) is 48.5 Å². The van der Waals surface area contributed by atoms with Crippen molar-refractivity contribution < 1.29 is 14.7 Å². The molecule has 0 radical (unpaired) electrons. The number of carboxylic acids is 1. The van der Waals surface area contributed by atoms with Gasteiger partial charge < -0.3 is 10.4 Å². The highest BCUT2D eigenvalue weighted by Gasteiger charge is 2.14. The Balaban J connectivity index is 2.42. The molecule has 0 bridgehead atoms. The van der Waals surface area contributed by atoms with Crippen LogP contribution in [0.5, 0.6) is 0 Å². The molecule has 4 nitrogen and oxygen atoms in total. The van der Waals surface area contributed by atoms with Crippen LogP contribution in [0.4, 0.5) is 5.69 Å². The smallest absolute Gasteiger partial charge is 0.330 e. The predicted molar refractivity (Wildman–Crippen MR) is 69.3 cm³/mol. The van der Waals surface area contributed by atoms with E-state index in [-0.39, 0.29) is 0 Å². The second-order valence-corrected chi connectivity index (χ2v) is 3.77. The monoisotopic (exact) mass is 241 g/mol. The van der Waals surface area contributed by atoms with Crippen LogP contribution >= 0.6 is 0 Å². The number of benzene rings is 2. The molecule has 0 saturated carbocycles. The van der Waals surface area contributed by atoms with E-state index in [2.05, 4.69) is 5.32 Å². The first-order chi connectivity index (χ1) is 8.72. The lowest BCUT2D eigenvalue weighted by molar-refractivity contribution is -0.136. The number of nitrogens with one attached hydrogen (secondary N) is 1. The van der Waals surface area contributed by atoms with Crippen LogP contribution < -0.4 is 5.32 Å². The Morgan fingerprint density at radius 1 is 1.22 bits per heavy atom. The van der Waals surface area contributed by atoms with Gasteiger partial charge in [-0.2, -0.15) is 0 Å². The van der Waals surface area contributed by atoms with Crippen molar-refractivity contribution in [1.29, 1.82) is 0 Å². The molecule has 0 fully saturated rings. The first-order valence-electron chi connectivity index (χ1n) is 5.40. The number of carbonyl (C=O) groups is 1. The van der Waals surface area contributed by atoms with Crippen LogP contribution in [-0.4, -0.2) is 23.1 Å². The van der Waals surface area contributed by atoms with E-state index in [0.717, 1.165) is 16.8 Å². The first-order valence-corrected chi connectivity index (χ1v) is 5.40. The van der Waals surface area contributed by atoms with Gasteiger partial charge in [-0.05, 0) is 11.5 Å². The fraction of sp³-hybridized carbons (Fsp3) is 0.0714. The van der Waals surface area contributed by atoms with E-state index < -0.39 is 12.0 Å². The third-order valence-electron chi connectivity index (χ3n) is 2.60. The van der Waals surface area contributed by atoms with Crippen molar-refractivity contribution in [3.8, 4) is 0 Å². The van der Waals surface area contributed by atoms with E-state index in [4.69, 9.17) is 5.11 Å². The zero-order valence-corrected chi connectivity index (χ0v) is 9.46. The molecule has 0 aliphatic carbocycles. The van der Waals surface area contributed by atoms with Gasteiger partial charge in [0.2, 0.25) is 0 Å². The quantitative estimate of drug-likeness (QED) is 0.804. The lowest BCUT2D eigenvalue weighted by Gasteiger charge is -2.13. The highest BCUT2D eigenvalue weighted by Crippen LogP contribution is 2.23. The summed E-state index contributed by atoms with van der Waals surface area (Å²) in [5, 5.41) is 13.7. The number of carboxylic acid groups (broad SMARTS) is 1. The minimum Gasteiger partial charge on any atom is -0.479 e. The van der Waals surface area contributed by atoms with Crippen molar-refractivity contribution in [3.63, 3.8) is 0 Å². The van der Waals surface area contributed by atoms with E-state index in [0.29, 0.717) is 5.69 Å². The Morgan fingerprint density at radius 2 is 1.94 bits per heavy atom. The third kappa shape index (κ3) is 2.39. The molecule has 0 aromatic heterocycles. The molecule has 0 heterocycles. The van der Waals surface area contributed by atoms with E-state index in [1.807, 2.05) is 36.4 Å². The summed E-state index contributed by atoms with van der Waals surface area (Å²) in [4.78, 5) is 21.2. The van der Waals surface area contributed by atoms with Crippen molar-refractivity contribution >= 4 is 28.4 Å². The largest absolute Gasteiger partial charge is 0.479 e. The minimum atomic E-state index is -1.12. The number of anilines is 1. The zero-order valence-electron chi connectivity index (χ0n) is 9.46. The SMILES string of the molecule is O=C=CC(Nc1cccc2ccccc12)C(=O)O. The fourth-order valence-electron chi connectivity index (χ4n) is 1.76. The summed E-state index contributed by atoms with van der Waals surface area (Å²) in [6.45, 7) is 0. The molecule has 2 aromatic carbocycles. The Bertz CT molecular complexity index is 622. The molecule has 2 N–H and O–H groups in total. The number of hydrogen-bond donors (Lipinski definition) is 2. The molecule has 0 spiro atoms. The van der Waals surface area contributed by atoms with Gasteiger partial charge in [-0.15, -0.1) is 0 Å². The predicted octanol–water partition coefficient (Wildman–Crippen LogP) is 2.09. The van der Waals surface area contributed by atoms with Crippen molar-refractivity contribution in [3.05, 3.63) is 48.5 Å². The lowest BCUT2D eigenvalue weighted by Crippen LogP contribution is -2.27. The van der Waals surface area contributed by atoms with Gasteiger partial charge in [-0.1, -0.05) is 36.4 Å². The van der Waals surface area contributed by atoms with E-state index in [9.17, 15) is 9.59 Å². The van der Waals surface area contributed by atoms with E-state index >= 15 is 0 Å². The number of carbonyl (C=O) groups excluding carboxylic acids is 1. The lowest BCUT2D eigenvalue weighted by atomic mass is 10.1. The third-order valence-corrected chi connectivity index (χ3v) is 2.60. The normalized spacial score (nSPS) is 11.6. The van der Waals surface area contributed by atoms with Crippen molar-refractivity contribution in [1.82, 2.24) is 0 Å². The molecule has 0 saturated heterocycles. The zero-order chi connectivity index (χ0) is 13.0. The Labute approximate surface area is 104 Å². The number of fused-ring (bicyclic) bond motifs is 1. The van der Waals surface area contributed by atoms with Gasteiger partial charge in [0, 0.05) is 17.1 Å². The van der Waals surface area contributed by atoms with Gasteiger partial charge >= 0.3 is 5.97 Å². The van der Waals surface area contributed by atoms with Gasteiger partial charge in [-0.3, -0.25) is 0 Å². The molecular formula is C14H11NO3. The van der Waals surface area contributed by atoms with Gasteiger partial charge in [0.15, 0.2) is 6.04 Å². The summed E-state index contributed by atoms with van der Waals surface area (Å²) in [7, 11) is 0. The van der Waals surface area contributed by atoms with Crippen LogP contribution in [0.2, 0.25) is 0 Å². The first kappa shape index (κ1) is 11.9. The topological polar surface area (TPSA) is 66.4 Å². The average molecular weight is 241 g/mol. The summed E-state index contributed by atoms with van der Waals surface area (Å²) < 4.78 is 0. The molecule has 0 aliphatic heterocycles. The van der Waals surface area contributed by atoms with Gasteiger partial charge in [0.25, 0.3) is 0 Å². The van der Waals surface area contributed by atoms with E-state index in [1.54, 1.807) is 6.07 Å². The van der Waals surface area contributed by atoms with Crippen LogP contribution in [0.25, 0.3) is 10.8 Å². The molecule has 90 valence electrons. The second-order valence-electron chi connectivity index (χ2n) is 3.77. The Morgan fingerprint density at radius 3 is 2.67 bits per heavy atom. The van der Waals surface area contributed by atoms with Gasteiger partial charge in [0.05, 0.1) is 0 Å². The molecular weight excluding hydrogens is 230 g/mol. The van der Waals surface area contributed by atoms with Crippen molar-refractivity contribution in [2.24, 2.45) is 0 Å². The molecule has 1 unspecified atom stereocenters. The fourth-order valence-corrected chi connectivity index (χ4v) is 1.76. The summed E-state index contributed by atoms with van der Waals surface area (Å²) in [5.74, 6) is 0.380. The molecule has 1 atom stereocenters. The van der Waals surface area contributed by atoms with Crippen LogP contribution in [-0.2, 0) is 9.59 Å². The summed E-state index contributed by atoms with van der Waals surface area (Å²) in [5.41, 5.74) is 0.673. The van der Waals surface area contributed by atoms with Crippen molar-refractivity contribution in [2.45, 2.75) is 6.04 Å². The maximum absolute atomic E-state index is 11.0. The summed E-state index contributed by atoms with van der Waals surface area (Å²) in [6.07, 6.45) is 0.949. The number of hydrogen-bond acceptors (Lipinski definition) is 3. The van der Waals surface area contributed by atoms with Crippen molar-refractivity contribution in [2.75, 3.05) is 5.32 Å². The van der Waals surface area contributed by atoms with E-state index in [1.165, 1.54) is 5.94 Å².